The number of nitrogens with zero attached hydrogens (tertiary/aromatic N) is 10. The third kappa shape index (κ3) is 10.4. The van der Waals surface area contributed by atoms with Crippen LogP contribution in [0.4, 0.5) is 10.9 Å². The predicted octanol–water partition coefficient (Wildman–Crippen LogP) is 7.19. The number of hydrogen-bond donors (Lipinski definition) is 3. The number of thiophene rings is 1. The number of nitrogens with one attached hydrogen (secondary N) is 1. The lowest BCUT2D eigenvalue weighted by molar-refractivity contribution is -0.141. The number of unbranched alkanes of at least 4 members (excludes halogenated alkanes) is 1. The average Bonchev–Trinajstić information content (AvgIpc) is 4.21. The molecule has 0 spiro atoms. The molecule has 7 heterocycles. The van der Waals surface area contributed by atoms with Crippen LogP contribution in [0.5, 0.6) is 5.88 Å². The van der Waals surface area contributed by atoms with E-state index >= 15 is 0 Å². The molecule has 0 radical (unpaired) electrons. The lowest BCUT2D eigenvalue weighted by atomic mass is 9.72. The summed E-state index contributed by atoms with van der Waals surface area (Å²) < 4.78 is 17.6. The number of hydrogen-bond acceptors (Lipinski definition) is 18. The van der Waals surface area contributed by atoms with Gasteiger partial charge in [-0.3, -0.25) is 9.59 Å². The number of nitriles is 1. The first-order valence-corrected chi connectivity index (χ1v) is 26.3. The monoisotopic (exact) mass is 1000 g/mol. The molecule has 18 nitrogen and oxygen atoms in total. The minimum absolute atomic E-state index is 0.0531. The third-order valence-electron chi connectivity index (χ3n) is 14.2. The van der Waals surface area contributed by atoms with Crippen molar-refractivity contribution in [3.63, 3.8) is 0 Å². The molecule has 71 heavy (non-hydrogen) atoms. The van der Waals surface area contributed by atoms with Crippen molar-refractivity contribution in [2.75, 3.05) is 50.0 Å². The molecule has 9 rings (SSSR count). The maximum Gasteiger partial charge on any atom is 0.254 e. The fourth-order valence-electron chi connectivity index (χ4n) is 10.5. The molecule has 374 valence electrons. The lowest BCUT2D eigenvalue weighted by Crippen LogP contribution is -2.48. The van der Waals surface area contributed by atoms with E-state index in [9.17, 15) is 20.0 Å². The number of carbonyl (C=O) groups is 2. The fourth-order valence-corrected chi connectivity index (χ4v) is 12.6. The standard InChI is InChI=1S/C51H62N12O6S2/c1-29(2)42(48(66)63-27-34(64)22-38(63)47(65)55-25-33-12-13-35(30(3)21-33)44-32(5)56-28-70-44)39-23-41(59-68-39)67-20-8-7-17-61-18-10-19-62(31(4)26-61)50-54-16-14-37(57-50)46-58-49(69-60-46)51(6)15-9-11-40-43(51)36(24-52)45(53)71-40/h12-14,16,21,23,28-29,31,34,38,42,64H,7-11,15,17-20,22,25-27,53H2,1-6H3,(H,55,65)/t31-,34+,38-,42?,51-/m0/s1. The van der Waals surface area contributed by atoms with Crippen LogP contribution >= 0.6 is 22.7 Å². The molecule has 2 amide bonds. The zero-order valence-corrected chi connectivity index (χ0v) is 42.8. The van der Waals surface area contributed by atoms with Gasteiger partial charge in [0.2, 0.25) is 29.5 Å². The Kier molecular flexibility index (Phi) is 14.8. The first kappa shape index (κ1) is 49.7. The first-order chi connectivity index (χ1) is 34.2. The van der Waals surface area contributed by atoms with Crippen LogP contribution in [0.1, 0.15) is 117 Å². The second kappa shape index (κ2) is 21.2. The number of aryl methyl sites for hydroxylation is 3. The Morgan fingerprint density at radius 3 is 2.70 bits per heavy atom. The Bertz CT molecular complexity index is 2900. The van der Waals surface area contributed by atoms with Gasteiger partial charge in [-0.25, -0.2) is 15.0 Å². The third-order valence-corrected chi connectivity index (χ3v) is 16.2. The summed E-state index contributed by atoms with van der Waals surface area (Å²) in [7, 11) is 0. The Morgan fingerprint density at radius 1 is 1.08 bits per heavy atom. The summed E-state index contributed by atoms with van der Waals surface area (Å²) in [5, 5.41) is 32.7. The van der Waals surface area contributed by atoms with E-state index in [1.165, 1.54) is 16.2 Å². The average molecular weight is 1000 g/mol. The number of aromatic nitrogens is 6. The maximum atomic E-state index is 14.2. The zero-order chi connectivity index (χ0) is 50.0. The van der Waals surface area contributed by atoms with Crippen molar-refractivity contribution >= 4 is 45.4 Å². The van der Waals surface area contributed by atoms with Crippen molar-refractivity contribution in [3.8, 4) is 33.9 Å². The van der Waals surface area contributed by atoms with Crippen molar-refractivity contribution in [1.82, 2.24) is 45.4 Å². The Hall–Kier alpha value is -6.27. The van der Waals surface area contributed by atoms with Crippen molar-refractivity contribution in [1.29, 1.82) is 5.26 Å². The minimum Gasteiger partial charge on any atom is -0.476 e. The molecule has 2 fully saturated rings. The van der Waals surface area contributed by atoms with E-state index in [1.54, 1.807) is 29.7 Å². The number of rotatable bonds is 16. The molecule has 6 aromatic rings. The zero-order valence-electron chi connectivity index (χ0n) is 41.2. The Balaban J connectivity index is 0.747. The van der Waals surface area contributed by atoms with Gasteiger partial charge in [0.05, 0.1) is 39.8 Å². The lowest BCUT2D eigenvalue weighted by Gasteiger charge is -2.30. The van der Waals surface area contributed by atoms with Gasteiger partial charge in [-0.1, -0.05) is 37.2 Å². The highest BCUT2D eigenvalue weighted by Gasteiger charge is 2.45. The van der Waals surface area contributed by atoms with Crippen molar-refractivity contribution in [2.24, 2.45) is 5.92 Å². The maximum absolute atomic E-state index is 14.2. The van der Waals surface area contributed by atoms with Crippen LogP contribution in [-0.2, 0) is 28.0 Å². The SMILES string of the molecule is Cc1cc(CNC(=O)[C@@H]2C[C@@H](O)CN2C(=O)C(c2cc(OCCCCN3CCCN(c4nccc(-c5noc([C@@]6(C)CCCc7sc(N)c(C#N)c76)n5)n4)[C@@H](C)C3)no2)C(C)C)ccc1-c1scnc1C. The summed E-state index contributed by atoms with van der Waals surface area (Å²) in [5.74, 6) is 0.601. The number of aliphatic hydroxyl groups is 1. The topological polar surface area (TPSA) is 239 Å². The smallest absolute Gasteiger partial charge is 0.254 e. The summed E-state index contributed by atoms with van der Waals surface area (Å²) in [5.41, 5.74) is 13.6. The molecule has 2 saturated heterocycles. The minimum atomic E-state index is -0.823. The number of β-amino-alcohol motifs (C(OH)–C–C–N with tert-alkyl or cyclic N) is 1. The molecule has 1 unspecified atom stereocenters. The van der Waals surface area contributed by atoms with Crippen molar-refractivity contribution < 1.29 is 28.5 Å². The van der Waals surface area contributed by atoms with Gasteiger partial charge in [-0.2, -0.15) is 10.2 Å². The molecule has 1 aromatic carbocycles. The number of nitrogen functional groups attached to an aromatic ring is 1. The van der Waals surface area contributed by atoms with Gasteiger partial charge in [-0.15, -0.1) is 22.7 Å². The molecule has 5 aromatic heterocycles. The van der Waals surface area contributed by atoms with E-state index in [0.29, 0.717) is 58.7 Å². The highest BCUT2D eigenvalue weighted by Crippen LogP contribution is 2.48. The fraction of sp³-hybridized carbons (Fsp3) is 0.510. The second-order valence-electron chi connectivity index (χ2n) is 19.7. The van der Waals surface area contributed by atoms with Gasteiger partial charge in [0, 0.05) is 61.3 Å². The van der Waals surface area contributed by atoms with Gasteiger partial charge in [0.1, 0.15) is 28.7 Å². The quantitative estimate of drug-likeness (QED) is 0.0813. The van der Waals surface area contributed by atoms with Crippen LogP contribution in [0.2, 0.25) is 0 Å². The number of carbonyl (C=O) groups excluding carboxylic acids is 2. The number of likely N-dealkylation sites (tertiary alicyclic amines) is 1. The number of benzene rings is 1. The van der Waals surface area contributed by atoms with Crippen molar-refractivity contribution in [3.05, 3.63) is 86.5 Å². The van der Waals surface area contributed by atoms with E-state index < -0.39 is 23.5 Å². The van der Waals surface area contributed by atoms with Crippen molar-refractivity contribution in [2.45, 2.75) is 123 Å². The molecular weight excluding hydrogens is 941 g/mol. The number of aliphatic hydroxyl groups excluding tert-OH is 1. The summed E-state index contributed by atoms with van der Waals surface area (Å²) in [6.45, 7) is 16.4. The number of nitrogens with two attached hydrogens (primary N) is 1. The largest absolute Gasteiger partial charge is 0.476 e. The van der Waals surface area contributed by atoms with Crippen LogP contribution in [0.15, 0.2) is 51.1 Å². The van der Waals surface area contributed by atoms with E-state index in [1.807, 2.05) is 39.3 Å². The van der Waals surface area contributed by atoms with Gasteiger partial charge in [0.15, 0.2) is 5.76 Å². The molecule has 2 aliphatic heterocycles. The summed E-state index contributed by atoms with van der Waals surface area (Å²) in [6.07, 6.45) is 6.27. The number of amides is 2. The molecule has 20 heteroatoms. The number of thiazole rings is 1. The summed E-state index contributed by atoms with van der Waals surface area (Å²) >= 11 is 3.08. The molecule has 3 aliphatic rings. The molecule has 4 N–H and O–H groups in total. The summed E-state index contributed by atoms with van der Waals surface area (Å²) in [4.78, 5) is 55.0. The number of fused-ring (bicyclic) bond motifs is 1. The molecule has 1 aliphatic carbocycles. The molecular formula is C51H62N12O6S2. The normalized spacial score (nSPS) is 21.0. The van der Waals surface area contributed by atoms with Gasteiger partial charge >= 0.3 is 0 Å². The molecule has 0 bridgehead atoms. The van der Waals surface area contributed by atoms with Gasteiger partial charge in [-0.05, 0) is 113 Å². The Morgan fingerprint density at radius 2 is 1.93 bits per heavy atom. The first-order valence-electron chi connectivity index (χ1n) is 24.6. The number of anilines is 2. The van der Waals surface area contributed by atoms with Crippen LogP contribution < -0.4 is 20.7 Å². The van der Waals surface area contributed by atoms with E-state index in [-0.39, 0.29) is 36.7 Å². The second-order valence-corrected chi connectivity index (χ2v) is 21.7. The van der Waals surface area contributed by atoms with Gasteiger partial charge in [0.25, 0.3) is 5.88 Å². The Labute approximate surface area is 421 Å². The van der Waals surface area contributed by atoms with Crippen LogP contribution in [0.25, 0.3) is 22.0 Å². The van der Waals surface area contributed by atoms with Gasteiger partial charge < -0.3 is 44.6 Å². The highest BCUT2D eigenvalue weighted by molar-refractivity contribution is 7.16. The van der Waals surface area contributed by atoms with E-state index in [2.05, 4.69) is 67.4 Å². The number of ether oxygens (including phenoxy) is 1. The molecule has 0 saturated carbocycles. The molecule has 5 atom stereocenters. The van der Waals surface area contributed by atoms with E-state index in [0.717, 1.165) is 102 Å². The predicted molar refractivity (Wildman–Crippen MR) is 270 cm³/mol. The van der Waals surface area contributed by atoms with Crippen LogP contribution in [0.3, 0.4) is 0 Å². The van der Waals surface area contributed by atoms with Crippen LogP contribution in [0, 0.1) is 31.1 Å². The van der Waals surface area contributed by atoms with E-state index in [4.69, 9.17) is 29.5 Å². The van der Waals surface area contributed by atoms with Crippen LogP contribution in [-0.4, -0.2) is 114 Å². The highest BCUT2D eigenvalue weighted by atomic mass is 32.1. The summed E-state index contributed by atoms with van der Waals surface area (Å²) in [6, 6.07) is 11.2.